The zero-order valence-corrected chi connectivity index (χ0v) is 13.0. The van der Waals surface area contributed by atoms with Gasteiger partial charge in [0.05, 0.1) is 12.5 Å². The van der Waals surface area contributed by atoms with Gasteiger partial charge in [-0.25, -0.2) is 8.78 Å². The van der Waals surface area contributed by atoms with E-state index in [-0.39, 0.29) is 23.6 Å². The fourth-order valence-electron chi connectivity index (χ4n) is 2.76. The van der Waals surface area contributed by atoms with Crippen LogP contribution >= 0.6 is 0 Å². The van der Waals surface area contributed by atoms with E-state index in [0.29, 0.717) is 19.4 Å². The summed E-state index contributed by atoms with van der Waals surface area (Å²) in [6, 6.07) is 8.15. The number of aromatic nitrogens is 1. The molecule has 0 spiro atoms. The Labute approximate surface area is 137 Å². The lowest BCUT2D eigenvalue weighted by atomic mass is 10.1. The Hall–Kier alpha value is -2.50. The lowest BCUT2D eigenvalue weighted by Gasteiger charge is -2.07. The number of carbonyl (C=O) groups is 1. The van der Waals surface area contributed by atoms with E-state index < -0.39 is 23.5 Å². The molecule has 1 aliphatic rings. The van der Waals surface area contributed by atoms with Crippen LogP contribution in [0.5, 0.6) is 0 Å². The lowest BCUT2D eigenvalue weighted by molar-refractivity contribution is -0.145. The van der Waals surface area contributed by atoms with Crippen molar-refractivity contribution in [3.8, 4) is 0 Å². The van der Waals surface area contributed by atoms with Crippen molar-refractivity contribution in [2.45, 2.75) is 25.3 Å². The summed E-state index contributed by atoms with van der Waals surface area (Å²) in [6.45, 7) is 0.647. The van der Waals surface area contributed by atoms with Crippen LogP contribution in [0, 0.1) is 17.6 Å². The number of nitrogens with zero attached hydrogens (tertiary/aromatic N) is 1. The summed E-state index contributed by atoms with van der Waals surface area (Å²) in [5.41, 5.74) is 0.125. The Morgan fingerprint density at radius 3 is 2.88 bits per heavy atom. The zero-order chi connectivity index (χ0) is 17.1. The molecule has 1 aromatic carbocycles. The van der Waals surface area contributed by atoms with Crippen molar-refractivity contribution in [2.75, 3.05) is 6.61 Å². The highest BCUT2D eigenvalue weighted by Crippen LogP contribution is 2.49. The minimum absolute atomic E-state index is 0.104. The molecule has 0 radical (unpaired) electrons. The number of hydrogen-bond acceptors (Lipinski definition) is 3. The first kappa shape index (κ1) is 16.4. The molecule has 6 heteroatoms. The summed E-state index contributed by atoms with van der Waals surface area (Å²) < 4.78 is 33.6. The second kappa shape index (κ2) is 6.95. The van der Waals surface area contributed by atoms with Gasteiger partial charge in [0, 0.05) is 24.7 Å². The number of esters is 1. The molecule has 2 aromatic rings. The van der Waals surface area contributed by atoms with Gasteiger partial charge in [-0.3, -0.25) is 9.59 Å². The number of halogens is 2. The van der Waals surface area contributed by atoms with Gasteiger partial charge in [-0.2, -0.15) is 0 Å². The highest BCUT2D eigenvalue weighted by molar-refractivity contribution is 5.77. The highest BCUT2D eigenvalue weighted by Gasteiger charge is 2.46. The third-order valence-corrected chi connectivity index (χ3v) is 4.14. The predicted octanol–water partition coefficient (Wildman–Crippen LogP) is 2.86. The summed E-state index contributed by atoms with van der Waals surface area (Å²) in [5.74, 6) is -2.14. The van der Waals surface area contributed by atoms with E-state index in [2.05, 4.69) is 0 Å². The molecule has 3 rings (SSSR count). The molecule has 0 saturated heterocycles. The number of rotatable bonds is 6. The molecule has 2 atom stereocenters. The van der Waals surface area contributed by atoms with Crippen LogP contribution in [0.15, 0.2) is 47.4 Å². The van der Waals surface area contributed by atoms with Crippen molar-refractivity contribution < 1.29 is 18.3 Å². The Morgan fingerprint density at radius 1 is 1.25 bits per heavy atom. The maximum absolute atomic E-state index is 13.7. The first-order valence-electron chi connectivity index (χ1n) is 7.83. The average Bonchev–Trinajstić information content (AvgIpc) is 3.36. The molecule has 1 aromatic heterocycles. The lowest BCUT2D eigenvalue weighted by Crippen LogP contribution is -2.19. The first-order chi connectivity index (χ1) is 11.6. The van der Waals surface area contributed by atoms with Gasteiger partial charge in [0.25, 0.3) is 0 Å². The van der Waals surface area contributed by atoms with Gasteiger partial charge in [-0.1, -0.05) is 6.07 Å². The maximum Gasteiger partial charge on any atom is 0.309 e. The van der Waals surface area contributed by atoms with Crippen LogP contribution in [0.4, 0.5) is 8.78 Å². The zero-order valence-electron chi connectivity index (χ0n) is 13.0. The van der Waals surface area contributed by atoms with Gasteiger partial charge in [0.1, 0.15) is 11.6 Å². The van der Waals surface area contributed by atoms with E-state index in [1.54, 1.807) is 18.3 Å². The normalized spacial score (nSPS) is 19.1. The molecule has 4 nitrogen and oxygen atoms in total. The molecule has 0 aliphatic heterocycles. The van der Waals surface area contributed by atoms with E-state index in [9.17, 15) is 18.4 Å². The summed E-state index contributed by atoms with van der Waals surface area (Å²) in [7, 11) is 0. The summed E-state index contributed by atoms with van der Waals surface area (Å²) in [5, 5.41) is 0. The Bertz CT molecular complexity index is 803. The van der Waals surface area contributed by atoms with E-state index >= 15 is 0 Å². The predicted molar refractivity (Wildman–Crippen MR) is 83.5 cm³/mol. The largest absolute Gasteiger partial charge is 0.465 e. The van der Waals surface area contributed by atoms with Crippen molar-refractivity contribution in [2.24, 2.45) is 5.92 Å². The monoisotopic (exact) mass is 333 g/mol. The third-order valence-electron chi connectivity index (χ3n) is 4.14. The number of pyridine rings is 1. The second-order valence-electron chi connectivity index (χ2n) is 5.87. The Balaban J connectivity index is 1.46. The second-order valence-corrected chi connectivity index (χ2v) is 5.87. The molecule has 1 aliphatic carbocycles. The van der Waals surface area contributed by atoms with Crippen LogP contribution < -0.4 is 5.56 Å². The molecule has 1 heterocycles. The standard InChI is InChI=1S/C18H17F2NO3/c19-12-5-6-16(20)14(10-12)13-11-15(13)18(23)24-9-3-8-21-7-2-1-4-17(21)22/h1-2,4-7,10,13,15H,3,8-9,11H2/t13-,15-/m1/s1. The summed E-state index contributed by atoms with van der Waals surface area (Å²) in [4.78, 5) is 23.5. The van der Waals surface area contributed by atoms with Gasteiger partial charge < -0.3 is 9.30 Å². The number of carbonyl (C=O) groups excluding carboxylic acids is 1. The van der Waals surface area contributed by atoms with Crippen LogP contribution in [-0.2, 0) is 16.1 Å². The van der Waals surface area contributed by atoms with Crippen molar-refractivity contribution in [1.82, 2.24) is 4.57 Å². The number of ether oxygens (including phenoxy) is 1. The molecule has 24 heavy (non-hydrogen) atoms. The van der Waals surface area contributed by atoms with E-state index in [4.69, 9.17) is 4.74 Å². The summed E-state index contributed by atoms with van der Waals surface area (Å²) >= 11 is 0. The van der Waals surface area contributed by atoms with Crippen molar-refractivity contribution in [3.05, 3.63) is 70.1 Å². The van der Waals surface area contributed by atoms with Crippen LogP contribution in [-0.4, -0.2) is 17.1 Å². The van der Waals surface area contributed by atoms with Crippen LogP contribution in [0.2, 0.25) is 0 Å². The van der Waals surface area contributed by atoms with Crippen molar-refractivity contribution in [3.63, 3.8) is 0 Å². The van der Waals surface area contributed by atoms with Gasteiger partial charge >= 0.3 is 5.97 Å². The molecule has 0 bridgehead atoms. The fraction of sp³-hybridized carbons (Fsp3) is 0.333. The molecule has 0 unspecified atom stereocenters. The molecule has 0 N–H and O–H groups in total. The van der Waals surface area contributed by atoms with E-state index in [1.165, 1.54) is 10.6 Å². The molecule has 1 fully saturated rings. The Morgan fingerprint density at radius 2 is 2.08 bits per heavy atom. The van der Waals surface area contributed by atoms with E-state index in [0.717, 1.165) is 18.2 Å². The van der Waals surface area contributed by atoms with Gasteiger partial charge in [0.2, 0.25) is 5.56 Å². The summed E-state index contributed by atoms with van der Waals surface area (Å²) in [6.07, 6.45) is 2.66. The highest BCUT2D eigenvalue weighted by atomic mass is 19.1. The Kier molecular flexibility index (Phi) is 4.74. The quantitative estimate of drug-likeness (QED) is 0.603. The van der Waals surface area contributed by atoms with Crippen LogP contribution in [0.25, 0.3) is 0 Å². The molecule has 1 saturated carbocycles. The number of benzene rings is 1. The number of hydrogen-bond donors (Lipinski definition) is 0. The topological polar surface area (TPSA) is 48.3 Å². The fourth-order valence-corrected chi connectivity index (χ4v) is 2.76. The first-order valence-corrected chi connectivity index (χ1v) is 7.83. The minimum Gasteiger partial charge on any atom is -0.465 e. The third kappa shape index (κ3) is 3.69. The molecular weight excluding hydrogens is 316 g/mol. The molecule has 0 amide bonds. The van der Waals surface area contributed by atoms with Gasteiger partial charge in [-0.15, -0.1) is 0 Å². The SMILES string of the molecule is O=C(OCCCn1ccccc1=O)[C@@H]1C[C@@H]1c1cc(F)ccc1F. The van der Waals surface area contributed by atoms with Gasteiger partial charge in [-0.05, 0) is 42.7 Å². The molecule has 126 valence electrons. The van der Waals surface area contributed by atoms with Crippen molar-refractivity contribution in [1.29, 1.82) is 0 Å². The smallest absolute Gasteiger partial charge is 0.309 e. The van der Waals surface area contributed by atoms with Crippen LogP contribution in [0.1, 0.15) is 24.3 Å². The molecular formula is C18H17F2NO3. The van der Waals surface area contributed by atoms with Crippen molar-refractivity contribution >= 4 is 5.97 Å². The van der Waals surface area contributed by atoms with E-state index in [1.807, 2.05) is 0 Å². The average molecular weight is 333 g/mol. The van der Waals surface area contributed by atoms with Crippen LogP contribution in [0.3, 0.4) is 0 Å². The minimum atomic E-state index is -0.515. The van der Waals surface area contributed by atoms with Gasteiger partial charge in [0.15, 0.2) is 0 Å². The number of aryl methyl sites for hydroxylation is 1. The maximum atomic E-state index is 13.7.